The van der Waals surface area contributed by atoms with Crippen LogP contribution in [0.4, 0.5) is 0 Å². The van der Waals surface area contributed by atoms with Crippen molar-refractivity contribution in [2.24, 2.45) is 11.8 Å². The third-order valence-electron chi connectivity index (χ3n) is 6.51. The van der Waals surface area contributed by atoms with Gasteiger partial charge in [-0.15, -0.1) is 5.54 Å². The van der Waals surface area contributed by atoms with Crippen molar-refractivity contribution in [3.8, 4) is 11.5 Å². The molecule has 1 heterocycles. The molecule has 0 aliphatic carbocycles. The maximum absolute atomic E-state index is 10.9. The van der Waals surface area contributed by atoms with E-state index in [2.05, 4.69) is 71.3 Å². The van der Waals surface area contributed by atoms with Gasteiger partial charge >= 0.3 is 0 Å². The number of methoxy groups -OCH3 is 1. The Hall–Kier alpha value is -1.16. The standard InChI is InChI=1S/C24H38O4Si/c1-17-21(27-16-19-12-10-9-11-13-19)18(2)23(26-6)28-22(17)20(25)14-15-29(7,8)24(3,4)5/h9-13,17-18,20-23,25H,16H2,1-8H3/t17-,18-,20+,21-,22+,23+/m1/s1. The minimum Gasteiger partial charge on any atom is -0.378 e. The summed E-state index contributed by atoms with van der Waals surface area (Å²) >= 11 is 0. The minimum absolute atomic E-state index is 0.0103. The van der Waals surface area contributed by atoms with Crippen LogP contribution in [0.1, 0.15) is 40.2 Å². The number of rotatable bonds is 5. The fourth-order valence-electron chi connectivity index (χ4n) is 3.45. The highest BCUT2D eigenvalue weighted by Crippen LogP contribution is 2.36. The summed E-state index contributed by atoms with van der Waals surface area (Å²) < 4.78 is 18.0. The molecule has 162 valence electrons. The van der Waals surface area contributed by atoms with Gasteiger partial charge in [0.25, 0.3) is 0 Å². The van der Waals surface area contributed by atoms with Crippen molar-refractivity contribution in [2.45, 2.75) is 84.0 Å². The van der Waals surface area contributed by atoms with Gasteiger partial charge in [0.05, 0.1) is 12.7 Å². The van der Waals surface area contributed by atoms with Crippen LogP contribution in [0.2, 0.25) is 18.1 Å². The van der Waals surface area contributed by atoms with E-state index in [0.717, 1.165) is 5.56 Å². The first kappa shape index (κ1) is 24.1. The van der Waals surface area contributed by atoms with E-state index in [4.69, 9.17) is 14.2 Å². The Balaban J connectivity index is 2.17. The summed E-state index contributed by atoms with van der Waals surface area (Å²) in [7, 11) is -0.172. The molecule has 1 aliphatic rings. The van der Waals surface area contributed by atoms with Crippen LogP contribution < -0.4 is 0 Å². The second kappa shape index (κ2) is 9.76. The lowest BCUT2D eigenvalue weighted by molar-refractivity contribution is -0.274. The molecule has 1 aromatic rings. The Bertz CT molecular complexity index is 701. The molecular formula is C24H38O4Si. The maximum Gasteiger partial charge on any atom is 0.162 e. The lowest BCUT2D eigenvalue weighted by Crippen LogP contribution is -2.54. The molecule has 0 radical (unpaired) electrons. The van der Waals surface area contributed by atoms with Gasteiger partial charge in [0.1, 0.15) is 20.3 Å². The number of hydrogen-bond acceptors (Lipinski definition) is 4. The fraction of sp³-hybridized carbons (Fsp3) is 0.667. The lowest BCUT2D eigenvalue weighted by atomic mass is 9.83. The van der Waals surface area contributed by atoms with Crippen molar-refractivity contribution >= 4 is 8.07 Å². The smallest absolute Gasteiger partial charge is 0.162 e. The van der Waals surface area contributed by atoms with E-state index in [9.17, 15) is 5.11 Å². The predicted molar refractivity (Wildman–Crippen MR) is 120 cm³/mol. The Kier molecular flexibility index (Phi) is 8.12. The van der Waals surface area contributed by atoms with Gasteiger partial charge in [-0.1, -0.05) is 84.0 Å². The second-order valence-corrected chi connectivity index (χ2v) is 14.8. The van der Waals surface area contributed by atoms with Crippen LogP contribution in [0.3, 0.4) is 0 Å². The molecular weight excluding hydrogens is 380 g/mol. The first-order valence-electron chi connectivity index (χ1n) is 10.5. The molecule has 0 bridgehead atoms. The zero-order chi connectivity index (χ0) is 21.8. The zero-order valence-electron chi connectivity index (χ0n) is 19.2. The van der Waals surface area contributed by atoms with Gasteiger partial charge in [-0.2, -0.15) is 0 Å². The Labute approximate surface area is 178 Å². The molecule has 0 unspecified atom stereocenters. The van der Waals surface area contributed by atoms with Crippen molar-refractivity contribution in [3.63, 3.8) is 0 Å². The minimum atomic E-state index is -1.81. The Morgan fingerprint density at radius 3 is 2.31 bits per heavy atom. The summed E-state index contributed by atoms with van der Waals surface area (Å²) in [5.41, 5.74) is 4.54. The van der Waals surface area contributed by atoms with E-state index < -0.39 is 26.6 Å². The fourth-order valence-corrected chi connectivity index (χ4v) is 4.33. The van der Waals surface area contributed by atoms with Gasteiger partial charge in [0, 0.05) is 18.9 Å². The molecule has 0 spiro atoms. The molecule has 4 nitrogen and oxygen atoms in total. The van der Waals surface area contributed by atoms with Crippen LogP contribution in [0.25, 0.3) is 0 Å². The largest absolute Gasteiger partial charge is 0.378 e. The third-order valence-corrected chi connectivity index (χ3v) is 11.0. The lowest BCUT2D eigenvalue weighted by Gasteiger charge is -2.44. The van der Waals surface area contributed by atoms with Crippen LogP contribution in [0.5, 0.6) is 0 Å². The van der Waals surface area contributed by atoms with Crippen LogP contribution in [-0.2, 0) is 20.8 Å². The molecule has 1 aromatic carbocycles. The molecule has 2 rings (SSSR count). The predicted octanol–water partition coefficient (Wildman–Crippen LogP) is 4.63. The van der Waals surface area contributed by atoms with Gasteiger partial charge in [-0.3, -0.25) is 0 Å². The van der Waals surface area contributed by atoms with Gasteiger partial charge in [0.15, 0.2) is 6.29 Å². The first-order chi connectivity index (χ1) is 13.5. The van der Waals surface area contributed by atoms with Crippen molar-refractivity contribution in [1.82, 2.24) is 0 Å². The summed E-state index contributed by atoms with van der Waals surface area (Å²) in [5.74, 6) is 3.16. The molecule has 1 fully saturated rings. The molecule has 1 aliphatic heterocycles. The van der Waals surface area contributed by atoms with Crippen molar-refractivity contribution in [1.29, 1.82) is 0 Å². The molecule has 0 aromatic heterocycles. The third kappa shape index (κ3) is 5.93. The summed E-state index contributed by atoms with van der Waals surface area (Å²) in [4.78, 5) is 0. The highest BCUT2D eigenvalue weighted by atomic mass is 28.3. The van der Waals surface area contributed by atoms with Crippen molar-refractivity contribution in [3.05, 3.63) is 35.9 Å². The Morgan fingerprint density at radius 2 is 1.76 bits per heavy atom. The van der Waals surface area contributed by atoms with Gasteiger partial charge in [0.2, 0.25) is 0 Å². The number of benzene rings is 1. The number of hydrogen-bond donors (Lipinski definition) is 1. The van der Waals surface area contributed by atoms with E-state index in [-0.39, 0.29) is 23.0 Å². The summed E-state index contributed by atoms with van der Waals surface area (Å²) in [6, 6.07) is 10.1. The van der Waals surface area contributed by atoms with E-state index in [1.807, 2.05) is 18.2 Å². The van der Waals surface area contributed by atoms with Crippen LogP contribution >= 0.6 is 0 Å². The maximum atomic E-state index is 10.9. The summed E-state index contributed by atoms with van der Waals surface area (Å²) in [6.45, 7) is 15.8. The van der Waals surface area contributed by atoms with Crippen molar-refractivity contribution < 1.29 is 19.3 Å². The molecule has 0 amide bonds. The van der Waals surface area contributed by atoms with E-state index >= 15 is 0 Å². The van der Waals surface area contributed by atoms with Crippen LogP contribution in [-0.4, -0.2) is 44.9 Å². The van der Waals surface area contributed by atoms with Gasteiger partial charge in [-0.05, 0) is 10.6 Å². The monoisotopic (exact) mass is 418 g/mol. The molecule has 1 saturated heterocycles. The first-order valence-corrected chi connectivity index (χ1v) is 13.5. The second-order valence-electron chi connectivity index (χ2n) is 9.77. The SMILES string of the molecule is CO[C@H]1O[C@H]([C@@H](O)C#C[Si](C)(C)C(C)(C)C)[C@H](C)[C@@H](OCc2ccccc2)[C@H]1C. The van der Waals surface area contributed by atoms with Gasteiger partial charge < -0.3 is 19.3 Å². The van der Waals surface area contributed by atoms with Gasteiger partial charge in [-0.25, -0.2) is 0 Å². The molecule has 1 N–H and O–H groups in total. The molecule has 0 saturated carbocycles. The van der Waals surface area contributed by atoms with E-state index in [0.29, 0.717) is 6.61 Å². The topological polar surface area (TPSA) is 47.9 Å². The average molecular weight is 419 g/mol. The molecule has 5 heteroatoms. The average Bonchev–Trinajstić information content (AvgIpc) is 2.66. The number of aliphatic hydroxyl groups excluding tert-OH is 1. The zero-order valence-corrected chi connectivity index (χ0v) is 20.2. The Morgan fingerprint density at radius 1 is 1.14 bits per heavy atom. The highest BCUT2D eigenvalue weighted by molar-refractivity contribution is 6.87. The van der Waals surface area contributed by atoms with Crippen LogP contribution in [0.15, 0.2) is 30.3 Å². The van der Waals surface area contributed by atoms with Crippen LogP contribution in [0, 0.1) is 23.3 Å². The van der Waals surface area contributed by atoms with E-state index in [1.165, 1.54) is 0 Å². The quantitative estimate of drug-likeness (QED) is 0.560. The number of ether oxygens (including phenoxy) is 3. The van der Waals surface area contributed by atoms with Crippen molar-refractivity contribution in [2.75, 3.05) is 7.11 Å². The van der Waals surface area contributed by atoms with E-state index in [1.54, 1.807) is 7.11 Å². The highest BCUT2D eigenvalue weighted by Gasteiger charge is 2.45. The summed E-state index contributed by atoms with van der Waals surface area (Å²) in [6.07, 6.45) is -1.84. The molecule has 6 atom stereocenters. The normalized spacial score (nSPS) is 29.1. The molecule has 29 heavy (non-hydrogen) atoms. The number of aliphatic hydroxyl groups is 1. The summed E-state index contributed by atoms with van der Waals surface area (Å²) in [5, 5.41) is 11.0.